The number of hydrogen-bond acceptors (Lipinski definition) is 5. The number of methoxy groups -OCH3 is 1. The first-order valence-corrected chi connectivity index (χ1v) is 7.83. The van der Waals surface area contributed by atoms with Crippen LogP contribution in [0.3, 0.4) is 0 Å². The third-order valence-electron chi connectivity index (χ3n) is 4.47. The van der Waals surface area contributed by atoms with Crippen LogP contribution < -0.4 is 5.32 Å². The Labute approximate surface area is 122 Å². The number of ether oxygens (including phenoxy) is 2. The molecular weight excluding hydrogens is 256 g/mol. The third-order valence-corrected chi connectivity index (χ3v) is 4.47. The van der Waals surface area contributed by atoms with Gasteiger partial charge in [0.05, 0.1) is 19.8 Å². The number of esters is 1. The molecule has 0 spiro atoms. The zero-order chi connectivity index (χ0) is 14.6. The van der Waals surface area contributed by atoms with E-state index >= 15 is 0 Å². The van der Waals surface area contributed by atoms with Crippen molar-refractivity contribution in [2.24, 2.45) is 5.92 Å². The van der Waals surface area contributed by atoms with E-state index in [1.54, 1.807) is 0 Å². The standard InChI is InChI=1S/C15H28N2O3/c1-4-13-10-17(8-9-20-13)11-15(16-5-2,12-6-7-12)14(18)19-3/h12-13,16H,4-11H2,1-3H3. The Bertz CT molecular complexity index is 333. The van der Waals surface area contributed by atoms with Crippen LogP contribution in [0.1, 0.15) is 33.1 Å². The van der Waals surface area contributed by atoms with Crippen molar-refractivity contribution >= 4 is 5.97 Å². The first-order valence-electron chi connectivity index (χ1n) is 7.83. The first kappa shape index (κ1) is 15.7. The Morgan fingerprint density at radius 1 is 1.45 bits per heavy atom. The summed E-state index contributed by atoms with van der Waals surface area (Å²) in [7, 11) is 1.49. The van der Waals surface area contributed by atoms with E-state index in [2.05, 4.69) is 17.1 Å². The van der Waals surface area contributed by atoms with E-state index in [1.165, 1.54) is 7.11 Å². The molecule has 0 aromatic heterocycles. The molecule has 1 saturated carbocycles. The van der Waals surface area contributed by atoms with Gasteiger partial charge in [-0.15, -0.1) is 0 Å². The average Bonchev–Trinajstić information content (AvgIpc) is 3.31. The summed E-state index contributed by atoms with van der Waals surface area (Å²) in [6, 6.07) is 0. The van der Waals surface area contributed by atoms with Gasteiger partial charge in [0.15, 0.2) is 0 Å². The molecule has 0 bridgehead atoms. The van der Waals surface area contributed by atoms with E-state index in [0.29, 0.717) is 12.0 Å². The molecule has 0 aromatic rings. The molecule has 5 nitrogen and oxygen atoms in total. The van der Waals surface area contributed by atoms with Gasteiger partial charge in [-0.2, -0.15) is 0 Å². The molecule has 2 aliphatic rings. The van der Waals surface area contributed by atoms with E-state index < -0.39 is 5.54 Å². The Hall–Kier alpha value is -0.650. The van der Waals surface area contributed by atoms with Crippen molar-refractivity contribution in [3.63, 3.8) is 0 Å². The SMILES string of the molecule is CCNC(CN1CCOC(CC)C1)(C(=O)OC)C1CC1. The van der Waals surface area contributed by atoms with Crippen LogP contribution in [0.4, 0.5) is 0 Å². The third kappa shape index (κ3) is 3.32. The molecule has 116 valence electrons. The van der Waals surface area contributed by atoms with Gasteiger partial charge in [-0.1, -0.05) is 13.8 Å². The van der Waals surface area contributed by atoms with Gasteiger partial charge in [0, 0.05) is 19.6 Å². The summed E-state index contributed by atoms with van der Waals surface area (Å²) in [5, 5.41) is 3.43. The molecule has 1 heterocycles. The molecule has 0 amide bonds. The van der Waals surface area contributed by atoms with E-state index in [1.807, 2.05) is 6.92 Å². The molecular formula is C15H28N2O3. The Balaban J connectivity index is 2.08. The molecule has 20 heavy (non-hydrogen) atoms. The van der Waals surface area contributed by atoms with Crippen molar-refractivity contribution in [3.05, 3.63) is 0 Å². The van der Waals surface area contributed by atoms with Crippen molar-refractivity contribution < 1.29 is 14.3 Å². The zero-order valence-electron chi connectivity index (χ0n) is 13.0. The fraction of sp³-hybridized carbons (Fsp3) is 0.933. The highest BCUT2D eigenvalue weighted by molar-refractivity contribution is 5.82. The van der Waals surface area contributed by atoms with Gasteiger partial charge >= 0.3 is 5.97 Å². The topological polar surface area (TPSA) is 50.8 Å². The highest BCUT2D eigenvalue weighted by Crippen LogP contribution is 2.41. The molecule has 1 N–H and O–H groups in total. The van der Waals surface area contributed by atoms with Crippen molar-refractivity contribution in [2.45, 2.75) is 44.8 Å². The van der Waals surface area contributed by atoms with Crippen LogP contribution in [0.25, 0.3) is 0 Å². The smallest absolute Gasteiger partial charge is 0.327 e. The van der Waals surface area contributed by atoms with Gasteiger partial charge in [-0.3, -0.25) is 4.90 Å². The summed E-state index contributed by atoms with van der Waals surface area (Å²) < 4.78 is 10.8. The molecule has 5 heteroatoms. The summed E-state index contributed by atoms with van der Waals surface area (Å²) in [5.41, 5.74) is -0.529. The maximum atomic E-state index is 12.4. The van der Waals surface area contributed by atoms with Gasteiger partial charge in [-0.05, 0) is 31.7 Å². The number of rotatable bonds is 7. The van der Waals surface area contributed by atoms with Crippen molar-refractivity contribution in [1.29, 1.82) is 0 Å². The normalized spacial score (nSPS) is 27.1. The molecule has 2 unspecified atom stereocenters. The highest BCUT2D eigenvalue weighted by Gasteiger charge is 2.52. The summed E-state index contributed by atoms with van der Waals surface area (Å²) >= 11 is 0. The van der Waals surface area contributed by atoms with Crippen LogP contribution in [0, 0.1) is 5.92 Å². The molecule has 1 saturated heterocycles. The van der Waals surface area contributed by atoms with Gasteiger partial charge in [0.2, 0.25) is 0 Å². The van der Waals surface area contributed by atoms with Crippen LogP contribution in [-0.2, 0) is 14.3 Å². The second-order valence-electron chi connectivity index (χ2n) is 5.90. The number of nitrogens with one attached hydrogen (secondary N) is 1. The Kier molecular flexibility index (Phi) is 5.41. The molecule has 2 fully saturated rings. The minimum atomic E-state index is -0.529. The monoisotopic (exact) mass is 284 g/mol. The van der Waals surface area contributed by atoms with E-state index in [9.17, 15) is 4.79 Å². The lowest BCUT2D eigenvalue weighted by Gasteiger charge is -2.40. The molecule has 1 aliphatic carbocycles. The molecule has 0 aromatic carbocycles. The van der Waals surface area contributed by atoms with Crippen LogP contribution in [0.5, 0.6) is 0 Å². The predicted molar refractivity (Wildman–Crippen MR) is 77.6 cm³/mol. The van der Waals surface area contributed by atoms with Crippen molar-refractivity contribution in [2.75, 3.05) is 39.9 Å². The van der Waals surface area contributed by atoms with E-state index in [0.717, 1.165) is 52.0 Å². The second-order valence-corrected chi connectivity index (χ2v) is 5.90. The lowest BCUT2D eigenvalue weighted by molar-refractivity contribution is -0.152. The number of likely N-dealkylation sites (N-methyl/N-ethyl adjacent to an activating group) is 1. The van der Waals surface area contributed by atoms with E-state index in [4.69, 9.17) is 9.47 Å². The molecule has 2 rings (SSSR count). The number of hydrogen-bond donors (Lipinski definition) is 1. The summed E-state index contributed by atoms with van der Waals surface area (Å²) in [5.74, 6) is 0.305. The van der Waals surface area contributed by atoms with Crippen LogP contribution in [0.2, 0.25) is 0 Å². The summed E-state index contributed by atoms with van der Waals surface area (Å²) in [4.78, 5) is 14.7. The van der Waals surface area contributed by atoms with Gasteiger partial charge in [0.1, 0.15) is 5.54 Å². The highest BCUT2D eigenvalue weighted by atomic mass is 16.5. The molecule has 0 radical (unpaired) electrons. The lowest BCUT2D eigenvalue weighted by atomic mass is 9.91. The average molecular weight is 284 g/mol. The number of morpholine rings is 1. The van der Waals surface area contributed by atoms with E-state index in [-0.39, 0.29) is 5.97 Å². The summed E-state index contributed by atoms with van der Waals surface area (Å²) in [6.07, 6.45) is 3.54. The molecule has 1 aliphatic heterocycles. The van der Waals surface area contributed by atoms with Crippen LogP contribution in [-0.4, -0.2) is 62.4 Å². The molecule has 2 atom stereocenters. The fourth-order valence-electron chi connectivity index (χ4n) is 3.23. The first-order chi connectivity index (χ1) is 9.66. The van der Waals surface area contributed by atoms with Gasteiger partial charge in [-0.25, -0.2) is 4.79 Å². The van der Waals surface area contributed by atoms with Gasteiger partial charge < -0.3 is 14.8 Å². The van der Waals surface area contributed by atoms with Crippen LogP contribution >= 0.6 is 0 Å². The largest absolute Gasteiger partial charge is 0.468 e. The summed E-state index contributed by atoms with van der Waals surface area (Å²) in [6.45, 7) is 8.28. The van der Waals surface area contributed by atoms with Crippen LogP contribution in [0.15, 0.2) is 0 Å². The van der Waals surface area contributed by atoms with Crippen molar-refractivity contribution in [3.8, 4) is 0 Å². The quantitative estimate of drug-likeness (QED) is 0.708. The number of nitrogens with zero attached hydrogens (tertiary/aromatic N) is 1. The maximum absolute atomic E-state index is 12.4. The fourth-order valence-corrected chi connectivity index (χ4v) is 3.23. The van der Waals surface area contributed by atoms with Crippen molar-refractivity contribution in [1.82, 2.24) is 10.2 Å². The predicted octanol–water partition coefficient (Wildman–Crippen LogP) is 1.03. The lowest BCUT2D eigenvalue weighted by Crippen LogP contribution is -2.62. The maximum Gasteiger partial charge on any atom is 0.327 e. The minimum Gasteiger partial charge on any atom is -0.468 e. The zero-order valence-corrected chi connectivity index (χ0v) is 13.0. The number of carbonyl (C=O) groups excluding carboxylic acids is 1. The Morgan fingerprint density at radius 2 is 2.20 bits per heavy atom. The Morgan fingerprint density at radius 3 is 2.75 bits per heavy atom. The second kappa shape index (κ2) is 6.87. The number of carbonyl (C=O) groups is 1. The minimum absolute atomic E-state index is 0.110. The van der Waals surface area contributed by atoms with Gasteiger partial charge in [0.25, 0.3) is 0 Å².